The minimum atomic E-state index is -0.793. The van der Waals surface area contributed by atoms with E-state index in [0.717, 1.165) is 55.4 Å². The first-order valence-electron chi connectivity index (χ1n) is 13.0. The lowest BCUT2D eigenvalue weighted by atomic mass is 9.88. The first-order valence-corrected chi connectivity index (χ1v) is 13.0. The summed E-state index contributed by atoms with van der Waals surface area (Å²) in [6, 6.07) is -0.666. The van der Waals surface area contributed by atoms with E-state index in [9.17, 15) is 14.7 Å². The number of rotatable bonds is 10. The summed E-state index contributed by atoms with van der Waals surface area (Å²) < 4.78 is 7.23. The Morgan fingerprint density at radius 2 is 1.83 bits per heavy atom. The Hall–Kier alpha value is -2.87. The number of alkyl carbamates (subject to hydrolysis) is 1. The van der Waals surface area contributed by atoms with Crippen LogP contribution in [0.25, 0.3) is 5.57 Å². The fraction of sp³-hybridized carbons (Fsp3) is 0.607. The Morgan fingerprint density at radius 3 is 2.33 bits per heavy atom. The van der Waals surface area contributed by atoms with E-state index in [-0.39, 0.29) is 11.8 Å². The molecule has 1 aromatic rings. The van der Waals surface area contributed by atoms with E-state index in [4.69, 9.17) is 4.74 Å². The molecule has 0 saturated heterocycles. The van der Waals surface area contributed by atoms with E-state index in [1.54, 1.807) is 23.0 Å². The van der Waals surface area contributed by atoms with Crippen molar-refractivity contribution in [3.8, 4) is 0 Å². The van der Waals surface area contributed by atoms with Crippen LogP contribution in [0.2, 0.25) is 0 Å². The van der Waals surface area contributed by atoms with Crippen LogP contribution in [0.3, 0.4) is 0 Å². The van der Waals surface area contributed by atoms with Crippen LogP contribution in [0.5, 0.6) is 0 Å². The van der Waals surface area contributed by atoms with Gasteiger partial charge < -0.3 is 20.5 Å². The Balaban J connectivity index is 1.52. The molecule has 1 heterocycles. The van der Waals surface area contributed by atoms with Crippen molar-refractivity contribution in [1.29, 1.82) is 0 Å². The van der Waals surface area contributed by atoms with Gasteiger partial charge in [0.1, 0.15) is 11.6 Å². The summed E-state index contributed by atoms with van der Waals surface area (Å²) in [5, 5.41) is 20.8. The Labute approximate surface area is 213 Å². The zero-order valence-corrected chi connectivity index (χ0v) is 22.1. The van der Waals surface area contributed by atoms with Gasteiger partial charge in [0.05, 0.1) is 17.5 Å². The van der Waals surface area contributed by atoms with Crippen molar-refractivity contribution in [2.45, 2.75) is 83.5 Å². The van der Waals surface area contributed by atoms with Gasteiger partial charge >= 0.3 is 6.09 Å². The number of amides is 2. The monoisotopic (exact) mass is 496 g/mol. The molecule has 0 spiro atoms. The minimum Gasteiger partial charge on any atom is -0.444 e. The fourth-order valence-electron chi connectivity index (χ4n) is 4.97. The molecule has 3 N–H and O–H groups in total. The van der Waals surface area contributed by atoms with Gasteiger partial charge in [-0.1, -0.05) is 12.7 Å². The molecule has 4 rings (SSSR count). The third kappa shape index (κ3) is 6.27. The van der Waals surface area contributed by atoms with Crippen molar-refractivity contribution < 1.29 is 19.4 Å². The molecule has 0 aromatic carbocycles. The number of ether oxygens (including phenoxy) is 1. The predicted octanol–water partition coefficient (Wildman–Crippen LogP) is 4.32. The highest BCUT2D eigenvalue weighted by Crippen LogP contribution is 2.51. The second kappa shape index (κ2) is 9.88. The highest BCUT2D eigenvalue weighted by atomic mass is 16.6. The molecule has 1 aromatic heterocycles. The summed E-state index contributed by atoms with van der Waals surface area (Å²) in [5.41, 5.74) is 1.71. The molecule has 3 fully saturated rings. The van der Waals surface area contributed by atoms with E-state index in [2.05, 4.69) is 22.3 Å². The number of hydrogen-bond acceptors (Lipinski definition) is 5. The summed E-state index contributed by atoms with van der Waals surface area (Å²) in [7, 11) is 1.85. The van der Waals surface area contributed by atoms with E-state index in [1.165, 1.54) is 0 Å². The minimum absolute atomic E-state index is 0.108. The number of allylic oxidation sites excluding steroid dienone is 4. The molecule has 3 saturated carbocycles. The van der Waals surface area contributed by atoms with Gasteiger partial charge in [0.2, 0.25) is 5.91 Å². The van der Waals surface area contributed by atoms with Crippen molar-refractivity contribution >= 4 is 17.6 Å². The Kier molecular flexibility index (Phi) is 7.19. The Bertz CT molecular complexity index is 1070. The maximum atomic E-state index is 13.5. The zero-order chi connectivity index (χ0) is 26.3. The molecule has 196 valence electrons. The molecule has 3 aliphatic carbocycles. The van der Waals surface area contributed by atoms with E-state index in [0.29, 0.717) is 17.5 Å². The number of nitrogens with zero attached hydrogens (tertiary/aromatic N) is 2. The number of aliphatic hydroxyl groups is 1. The molecule has 3 aliphatic rings. The molecule has 8 nitrogen and oxygen atoms in total. The number of aryl methyl sites for hydroxylation is 1. The molecular weight excluding hydrogens is 456 g/mol. The fourth-order valence-corrected chi connectivity index (χ4v) is 4.97. The molecule has 0 radical (unpaired) electrons. The largest absolute Gasteiger partial charge is 0.444 e. The number of hydrogen-bond donors (Lipinski definition) is 3. The van der Waals surface area contributed by atoms with Crippen LogP contribution in [-0.4, -0.2) is 38.5 Å². The molecule has 36 heavy (non-hydrogen) atoms. The van der Waals surface area contributed by atoms with E-state index < -0.39 is 23.3 Å². The average molecular weight is 497 g/mol. The van der Waals surface area contributed by atoms with Gasteiger partial charge in [-0.05, 0) is 102 Å². The molecule has 0 unspecified atom stereocenters. The summed E-state index contributed by atoms with van der Waals surface area (Å²) in [6.07, 6.45) is 12.3. The highest BCUT2D eigenvalue weighted by Gasteiger charge is 2.49. The van der Waals surface area contributed by atoms with Crippen molar-refractivity contribution in [2.75, 3.05) is 0 Å². The predicted molar refractivity (Wildman–Crippen MR) is 139 cm³/mol. The molecule has 0 bridgehead atoms. The quantitative estimate of drug-likeness (QED) is 0.419. The van der Waals surface area contributed by atoms with Crippen LogP contribution in [0.4, 0.5) is 4.79 Å². The molecular formula is C28H40N4O4. The van der Waals surface area contributed by atoms with Gasteiger partial charge in [-0.25, -0.2) is 4.79 Å². The second-order valence-electron chi connectivity index (χ2n) is 11.6. The normalized spacial score (nSPS) is 20.6. The second-order valence-corrected chi connectivity index (χ2v) is 11.6. The Morgan fingerprint density at radius 1 is 1.22 bits per heavy atom. The first kappa shape index (κ1) is 26.2. The van der Waals surface area contributed by atoms with Crippen LogP contribution in [0.15, 0.2) is 36.7 Å². The number of nitrogens with one attached hydrogen (secondary N) is 2. The first-order chi connectivity index (χ1) is 16.9. The molecule has 2 amide bonds. The van der Waals surface area contributed by atoms with Crippen LogP contribution in [-0.2, 0) is 22.2 Å². The van der Waals surface area contributed by atoms with Crippen LogP contribution < -0.4 is 10.6 Å². The van der Waals surface area contributed by atoms with Crippen molar-refractivity contribution in [2.24, 2.45) is 24.8 Å². The van der Waals surface area contributed by atoms with Gasteiger partial charge in [0.25, 0.3) is 0 Å². The topological polar surface area (TPSA) is 105 Å². The summed E-state index contributed by atoms with van der Waals surface area (Å²) in [4.78, 5) is 26.1. The standard InChI is InChI=1S/C28H40N4O4/c1-7-20(13-8-17(2)24-21(16-29-32(24)6)28(35)14-15-28)30-25(33)23(31-26(34)36-27(3,4)5)22(18-9-10-18)19-11-12-19/h7-8,13,16,18-19,22-23,35H,1,9-12,14-15H2,2-6H3,(H,30,33)(H,31,34)/b17-8+,20-13+/t23-/m0/s1. The van der Waals surface area contributed by atoms with Gasteiger partial charge in [-0.15, -0.1) is 0 Å². The zero-order valence-electron chi connectivity index (χ0n) is 22.1. The van der Waals surface area contributed by atoms with Gasteiger partial charge in [0.15, 0.2) is 0 Å². The average Bonchev–Trinajstić information content (AvgIpc) is 3.66. The van der Waals surface area contributed by atoms with E-state index >= 15 is 0 Å². The lowest BCUT2D eigenvalue weighted by Crippen LogP contribution is -2.52. The van der Waals surface area contributed by atoms with Crippen molar-refractivity contribution in [3.63, 3.8) is 0 Å². The van der Waals surface area contributed by atoms with E-state index in [1.807, 2.05) is 40.8 Å². The van der Waals surface area contributed by atoms with Crippen molar-refractivity contribution in [3.05, 3.63) is 48.0 Å². The third-order valence-corrected chi connectivity index (χ3v) is 7.21. The lowest BCUT2D eigenvalue weighted by Gasteiger charge is -2.29. The number of aromatic nitrogens is 2. The maximum absolute atomic E-state index is 13.5. The van der Waals surface area contributed by atoms with Crippen LogP contribution in [0.1, 0.15) is 77.5 Å². The third-order valence-electron chi connectivity index (χ3n) is 7.21. The molecule has 0 aliphatic heterocycles. The molecule has 1 atom stereocenters. The SMILES string of the molecule is C=C/C(=C\C=C(/C)c1c(C2(O)CC2)cnn1C)NC(=O)[C@@H](NC(=O)OC(C)(C)C)C(C1CC1)C1CC1. The summed E-state index contributed by atoms with van der Waals surface area (Å²) in [6.45, 7) is 11.2. The number of carbonyl (C=O) groups is 2. The molecule has 8 heteroatoms. The van der Waals surface area contributed by atoms with Crippen LogP contribution in [0, 0.1) is 17.8 Å². The van der Waals surface area contributed by atoms with Gasteiger partial charge in [-0.3, -0.25) is 9.48 Å². The maximum Gasteiger partial charge on any atom is 0.408 e. The highest BCUT2D eigenvalue weighted by molar-refractivity contribution is 5.87. The summed E-state index contributed by atoms with van der Waals surface area (Å²) >= 11 is 0. The van der Waals surface area contributed by atoms with Gasteiger partial charge in [-0.2, -0.15) is 5.10 Å². The number of carbonyl (C=O) groups excluding carboxylic acids is 2. The summed E-state index contributed by atoms with van der Waals surface area (Å²) in [5.74, 6) is 0.767. The van der Waals surface area contributed by atoms with Gasteiger partial charge in [0, 0.05) is 18.3 Å². The smallest absolute Gasteiger partial charge is 0.408 e. The van der Waals surface area contributed by atoms with Crippen molar-refractivity contribution in [1.82, 2.24) is 20.4 Å². The van der Waals surface area contributed by atoms with Crippen LogP contribution >= 0.6 is 0 Å². The lowest BCUT2D eigenvalue weighted by molar-refractivity contribution is -0.124.